The van der Waals surface area contributed by atoms with E-state index in [1.807, 2.05) is 6.92 Å². The molecule has 0 spiro atoms. The van der Waals surface area contributed by atoms with Crippen LogP contribution < -0.4 is 16.6 Å². The number of hydrogen-bond acceptors (Lipinski definition) is 9. The maximum Gasteiger partial charge on any atom is 0.340 e. The predicted octanol–water partition coefficient (Wildman–Crippen LogP) is 0.793. The first-order valence-electron chi connectivity index (χ1n) is 13.7. The molecule has 4 heterocycles. The Hall–Kier alpha value is -4.20. The minimum Gasteiger partial charge on any atom is -0.458 e. The van der Waals surface area contributed by atoms with Crippen LogP contribution >= 0.6 is 0 Å². The van der Waals surface area contributed by atoms with E-state index in [9.17, 15) is 28.7 Å². The van der Waals surface area contributed by atoms with Crippen molar-refractivity contribution in [1.82, 2.24) is 19.8 Å². The molecule has 3 aromatic rings. The SMILES string of the molecule is CCCN(CCc1c2c(nc3cc(F)c(C)cc13)-c1cc3c(c(=O)n1C2)COC(=O)[C@H]3O)C(=O)COCNC(=O)CN. The third-order valence-corrected chi connectivity index (χ3v) is 7.61. The molecule has 0 radical (unpaired) electrons. The summed E-state index contributed by atoms with van der Waals surface area (Å²) < 4.78 is 26.5. The fourth-order valence-electron chi connectivity index (χ4n) is 5.44. The molecule has 12 nitrogen and oxygen atoms in total. The Labute approximate surface area is 240 Å². The van der Waals surface area contributed by atoms with E-state index in [0.717, 1.165) is 11.1 Å². The van der Waals surface area contributed by atoms with Crippen LogP contribution in [0.3, 0.4) is 0 Å². The number of rotatable bonds is 10. The minimum atomic E-state index is -1.59. The van der Waals surface area contributed by atoms with Crippen LogP contribution in [0.4, 0.5) is 4.39 Å². The molecule has 0 bridgehead atoms. The molecule has 222 valence electrons. The van der Waals surface area contributed by atoms with Gasteiger partial charge < -0.3 is 35.1 Å². The fourth-order valence-corrected chi connectivity index (χ4v) is 5.44. The summed E-state index contributed by atoms with van der Waals surface area (Å²) in [4.78, 5) is 56.1. The Kier molecular flexibility index (Phi) is 8.34. The zero-order chi connectivity index (χ0) is 30.1. The van der Waals surface area contributed by atoms with Gasteiger partial charge in [0.25, 0.3) is 5.56 Å². The highest BCUT2D eigenvalue weighted by atomic mass is 19.1. The second kappa shape index (κ2) is 12.0. The third-order valence-electron chi connectivity index (χ3n) is 7.61. The number of halogens is 1. The average molecular weight is 582 g/mol. The number of nitrogens with two attached hydrogens (primary N) is 1. The number of aliphatic hydroxyl groups excluding tert-OH is 1. The van der Waals surface area contributed by atoms with Crippen LogP contribution in [0.2, 0.25) is 0 Å². The van der Waals surface area contributed by atoms with Gasteiger partial charge in [-0.2, -0.15) is 0 Å². The topological polar surface area (TPSA) is 166 Å². The number of nitrogens with one attached hydrogen (secondary N) is 1. The van der Waals surface area contributed by atoms with Gasteiger partial charge in [-0.1, -0.05) is 6.92 Å². The van der Waals surface area contributed by atoms with Gasteiger partial charge in [0, 0.05) is 35.7 Å². The highest BCUT2D eigenvalue weighted by Crippen LogP contribution is 2.38. The quantitative estimate of drug-likeness (QED) is 0.139. The standard InChI is InChI=1S/C29H32FN5O7/c1-3-5-34(25(37)13-41-14-32-24(36)10-31)6-4-16-17-7-15(2)21(30)9-22(17)33-26-19(16)11-35-23(26)8-18-20(28(35)39)12-42-29(40)27(18)38/h7-9,27,38H,3-6,10-14,31H2,1-2H3,(H,32,36)/t27-/m0/s1. The molecule has 0 saturated heterocycles. The van der Waals surface area contributed by atoms with Crippen LogP contribution in [0.5, 0.6) is 0 Å². The molecule has 4 N–H and O–H groups in total. The van der Waals surface area contributed by atoms with Crippen molar-refractivity contribution in [1.29, 1.82) is 0 Å². The predicted molar refractivity (Wildman–Crippen MR) is 149 cm³/mol. The minimum absolute atomic E-state index is 0.141. The lowest BCUT2D eigenvalue weighted by Gasteiger charge is -2.23. The summed E-state index contributed by atoms with van der Waals surface area (Å²) in [7, 11) is 0. The van der Waals surface area contributed by atoms with Crippen LogP contribution in [-0.2, 0) is 43.4 Å². The van der Waals surface area contributed by atoms with Crippen LogP contribution in [0.15, 0.2) is 23.0 Å². The molecule has 2 aromatic heterocycles. The molecule has 1 atom stereocenters. The van der Waals surface area contributed by atoms with Crippen molar-refractivity contribution in [3.8, 4) is 11.4 Å². The number of pyridine rings is 2. The summed E-state index contributed by atoms with van der Waals surface area (Å²) in [5, 5.41) is 13.6. The molecule has 5 rings (SSSR count). The smallest absolute Gasteiger partial charge is 0.340 e. The van der Waals surface area contributed by atoms with Gasteiger partial charge in [-0.15, -0.1) is 0 Å². The zero-order valence-electron chi connectivity index (χ0n) is 23.4. The molecule has 2 amide bonds. The van der Waals surface area contributed by atoms with E-state index in [-0.39, 0.29) is 50.1 Å². The molecular weight excluding hydrogens is 549 g/mol. The first-order chi connectivity index (χ1) is 20.1. The van der Waals surface area contributed by atoms with E-state index in [0.29, 0.717) is 53.8 Å². The Bertz CT molecular complexity index is 1650. The number of ether oxygens (including phenoxy) is 2. The number of aryl methyl sites for hydroxylation is 1. The molecule has 0 saturated carbocycles. The highest BCUT2D eigenvalue weighted by Gasteiger charge is 2.35. The van der Waals surface area contributed by atoms with E-state index in [1.165, 1.54) is 10.6 Å². The van der Waals surface area contributed by atoms with Crippen molar-refractivity contribution >= 4 is 28.7 Å². The molecule has 13 heteroatoms. The maximum absolute atomic E-state index is 14.7. The monoisotopic (exact) mass is 581 g/mol. The van der Waals surface area contributed by atoms with Gasteiger partial charge in [0.05, 0.1) is 35.6 Å². The summed E-state index contributed by atoms with van der Waals surface area (Å²) in [5.74, 6) is -1.92. The molecule has 42 heavy (non-hydrogen) atoms. The maximum atomic E-state index is 14.7. The average Bonchev–Trinajstić information content (AvgIpc) is 3.34. The number of carbonyl (C=O) groups excluding carboxylic acids is 3. The van der Waals surface area contributed by atoms with Crippen LogP contribution in [-0.4, -0.2) is 70.3 Å². The molecule has 0 aliphatic carbocycles. The number of hydrogen-bond donors (Lipinski definition) is 3. The number of esters is 1. The van der Waals surface area contributed by atoms with Gasteiger partial charge in [0.2, 0.25) is 11.8 Å². The van der Waals surface area contributed by atoms with Crippen molar-refractivity contribution in [2.45, 2.75) is 45.9 Å². The lowest BCUT2D eigenvalue weighted by atomic mass is 9.96. The molecule has 0 fully saturated rings. The van der Waals surface area contributed by atoms with Crippen molar-refractivity contribution in [3.05, 3.63) is 62.2 Å². The second-order valence-electron chi connectivity index (χ2n) is 10.3. The van der Waals surface area contributed by atoms with Crippen LogP contribution in [0.1, 0.15) is 47.3 Å². The zero-order valence-corrected chi connectivity index (χ0v) is 23.4. The summed E-state index contributed by atoms with van der Waals surface area (Å²) in [6.07, 6.45) is -0.504. The van der Waals surface area contributed by atoms with Crippen molar-refractivity contribution < 1.29 is 33.4 Å². The number of benzene rings is 1. The number of nitrogens with zero attached hydrogens (tertiary/aromatic N) is 3. The lowest BCUT2D eigenvalue weighted by molar-refractivity contribution is -0.157. The Morgan fingerprint density at radius 2 is 2.05 bits per heavy atom. The number of fused-ring (bicyclic) bond motifs is 5. The third kappa shape index (κ3) is 5.38. The van der Waals surface area contributed by atoms with Crippen LogP contribution in [0.25, 0.3) is 22.3 Å². The first-order valence-corrected chi connectivity index (χ1v) is 13.7. The van der Waals surface area contributed by atoms with Gasteiger partial charge in [-0.25, -0.2) is 14.2 Å². The summed E-state index contributed by atoms with van der Waals surface area (Å²) in [6, 6.07) is 4.64. The van der Waals surface area contributed by atoms with Crippen molar-refractivity contribution in [2.24, 2.45) is 5.73 Å². The number of carbonyl (C=O) groups is 3. The first kappa shape index (κ1) is 29.3. The summed E-state index contributed by atoms with van der Waals surface area (Å²) in [5.41, 5.74) is 8.50. The van der Waals surface area contributed by atoms with E-state index < -0.39 is 29.4 Å². The molecule has 1 aromatic carbocycles. The second-order valence-corrected chi connectivity index (χ2v) is 10.3. The van der Waals surface area contributed by atoms with Gasteiger partial charge >= 0.3 is 5.97 Å². The van der Waals surface area contributed by atoms with Crippen molar-refractivity contribution in [2.75, 3.05) is 33.0 Å². The van der Waals surface area contributed by atoms with E-state index in [1.54, 1.807) is 24.0 Å². The number of amides is 2. The summed E-state index contributed by atoms with van der Waals surface area (Å²) >= 11 is 0. The summed E-state index contributed by atoms with van der Waals surface area (Å²) in [6.45, 7) is 3.77. The van der Waals surface area contributed by atoms with Gasteiger partial charge in [-0.05, 0) is 43.0 Å². The Balaban J connectivity index is 1.50. The van der Waals surface area contributed by atoms with Gasteiger partial charge in [0.15, 0.2) is 6.10 Å². The lowest BCUT2D eigenvalue weighted by Crippen LogP contribution is -2.38. The normalized spacial score (nSPS) is 15.2. The molecule has 2 aliphatic rings. The van der Waals surface area contributed by atoms with Gasteiger partial charge in [-0.3, -0.25) is 14.4 Å². The number of aliphatic hydroxyl groups is 1. The number of cyclic esters (lactones) is 1. The Morgan fingerprint density at radius 3 is 2.79 bits per heavy atom. The number of aromatic nitrogens is 2. The van der Waals surface area contributed by atoms with Gasteiger partial charge in [0.1, 0.15) is 25.8 Å². The van der Waals surface area contributed by atoms with E-state index in [2.05, 4.69) is 5.32 Å². The van der Waals surface area contributed by atoms with E-state index >= 15 is 0 Å². The fraction of sp³-hybridized carbons (Fsp3) is 0.414. The molecular formula is C29H32FN5O7. The van der Waals surface area contributed by atoms with Crippen molar-refractivity contribution in [3.63, 3.8) is 0 Å². The van der Waals surface area contributed by atoms with Crippen LogP contribution in [0, 0.1) is 12.7 Å². The van der Waals surface area contributed by atoms with E-state index in [4.69, 9.17) is 20.2 Å². The largest absolute Gasteiger partial charge is 0.458 e. The highest BCUT2D eigenvalue weighted by molar-refractivity contribution is 5.89. The molecule has 2 aliphatic heterocycles. The molecule has 0 unspecified atom stereocenters. The Morgan fingerprint density at radius 1 is 1.26 bits per heavy atom.